The van der Waals surface area contributed by atoms with Gasteiger partial charge >= 0.3 is 11.8 Å². The minimum atomic E-state index is -0.560. The summed E-state index contributed by atoms with van der Waals surface area (Å²) < 4.78 is 4.90. The second-order valence-electron chi connectivity index (χ2n) is 5.11. The summed E-state index contributed by atoms with van der Waals surface area (Å²) in [5.74, 6) is -1.05. The summed E-state index contributed by atoms with van der Waals surface area (Å²) in [6.45, 7) is 5.24. The zero-order chi connectivity index (χ0) is 15.7. The van der Waals surface area contributed by atoms with Gasteiger partial charge in [-0.3, -0.25) is 9.59 Å². The van der Waals surface area contributed by atoms with Gasteiger partial charge in [0.05, 0.1) is 0 Å². The maximum absolute atomic E-state index is 12.2. The number of benzene rings is 1. The van der Waals surface area contributed by atoms with E-state index in [1.165, 1.54) is 0 Å². The average Bonchev–Trinajstić information content (AvgIpc) is 2.49. The van der Waals surface area contributed by atoms with Gasteiger partial charge in [-0.05, 0) is 25.8 Å². The van der Waals surface area contributed by atoms with Crippen molar-refractivity contribution in [2.45, 2.75) is 32.9 Å². The number of rotatable bonds is 7. The molecule has 21 heavy (non-hydrogen) atoms. The second-order valence-corrected chi connectivity index (χ2v) is 5.11. The average molecular weight is 292 g/mol. The zero-order valence-corrected chi connectivity index (χ0v) is 13.0. The van der Waals surface area contributed by atoms with E-state index in [-0.39, 0.29) is 6.04 Å². The van der Waals surface area contributed by atoms with Crippen molar-refractivity contribution in [2.24, 2.45) is 0 Å². The Balaban J connectivity index is 2.59. The molecule has 0 saturated carbocycles. The molecule has 0 aliphatic carbocycles. The van der Waals surface area contributed by atoms with Crippen molar-refractivity contribution >= 4 is 11.8 Å². The van der Waals surface area contributed by atoms with E-state index >= 15 is 0 Å². The number of hydrogen-bond acceptors (Lipinski definition) is 3. The van der Waals surface area contributed by atoms with Crippen LogP contribution in [0.3, 0.4) is 0 Å². The van der Waals surface area contributed by atoms with E-state index in [0.29, 0.717) is 26.1 Å². The lowest BCUT2D eigenvalue weighted by molar-refractivity contribution is -0.147. The lowest BCUT2D eigenvalue weighted by Crippen LogP contribution is -2.46. The minimum Gasteiger partial charge on any atom is -0.385 e. The normalized spacial score (nSPS) is 10.5. The Hall–Kier alpha value is -1.88. The van der Waals surface area contributed by atoms with Crippen molar-refractivity contribution in [1.29, 1.82) is 0 Å². The van der Waals surface area contributed by atoms with Crippen molar-refractivity contribution < 1.29 is 14.3 Å². The van der Waals surface area contributed by atoms with E-state index in [0.717, 1.165) is 5.56 Å². The first-order valence-corrected chi connectivity index (χ1v) is 7.18. The van der Waals surface area contributed by atoms with E-state index in [2.05, 4.69) is 5.32 Å². The van der Waals surface area contributed by atoms with Gasteiger partial charge in [-0.25, -0.2) is 0 Å². The molecule has 1 rings (SSSR count). The lowest BCUT2D eigenvalue weighted by Gasteiger charge is -2.26. The first kappa shape index (κ1) is 17.2. The maximum atomic E-state index is 12.2. The first-order valence-electron chi connectivity index (χ1n) is 7.18. The summed E-state index contributed by atoms with van der Waals surface area (Å²) in [6.07, 6.45) is 0.690. The molecule has 1 N–H and O–H groups in total. The van der Waals surface area contributed by atoms with Crippen molar-refractivity contribution in [3.05, 3.63) is 35.9 Å². The number of carbonyl (C=O) groups excluding carboxylic acids is 2. The highest BCUT2D eigenvalue weighted by molar-refractivity contribution is 6.35. The Morgan fingerprint density at radius 2 is 1.90 bits per heavy atom. The van der Waals surface area contributed by atoms with Crippen molar-refractivity contribution in [3.8, 4) is 0 Å². The van der Waals surface area contributed by atoms with Gasteiger partial charge in [0.25, 0.3) is 0 Å². The van der Waals surface area contributed by atoms with Crippen molar-refractivity contribution in [1.82, 2.24) is 10.2 Å². The molecule has 0 saturated heterocycles. The SMILES string of the molecule is COCCCNC(=O)C(=O)N(Cc1ccccc1)C(C)C. The molecule has 116 valence electrons. The zero-order valence-electron chi connectivity index (χ0n) is 13.0. The number of amides is 2. The topological polar surface area (TPSA) is 58.6 Å². The van der Waals surface area contributed by atoms with Crippen LogP contribution < -0.4 is 5.32 Å². The van der Waals surface area contributed by atoms with Crippen LogP contribution in [0, 0.1) is 0 Å². The molecule has 0 unspecified atom stereocenters. The summed E-state index contributed by atoms with van der Waals surface area (Å²) in [4.78, 5) is 25.7. The van der Waals surface area contributed by atoms with Crippen LogP contribution in [0.15, 0.2) is 30.3 Å². The van der Waals surface area contributed by atoms with E-state index < -0.39 is 11.8 Å². The molecule has 0 atom stereocenters. The van der Waals surface area contributed by atoms with Gasteiger partial charge < -0.3 is 15.0 Å². The standard InChI is InChI=1S/C16H24N2O3/c1-13(2)18(12-14-8-5-4-6-9-14)16(20)15(19)17-10-7-11-21-3/h4-6,8-9,13H,7,10-12H2,1-3H3,(H,17,19). The van der Waals surface area contributed by atoms with Crippen LogP contribution in [0.5, 0.6) is 0 Å². The fourth-order valence-electron chi connectivity index (χ4n) is 1.89. The van der Waals surface area contributed by atoms with Gasteiger partial charge in [0.2, 0.25) is 0 Å². The largest absolute Gasteiger partial charge is 0.385 e. The molecule has 5 nitrogen and oxygen atoms in total. The number of nitrogens with zero attached hydrogens (tertiary/aromatic N) is 1. The monoisotopic (exact) mass is 292 g/mol. The first-order chi connectivity index (χ1) is 10.1. The number of ether oxygens (including phenoxy) is 1. The van der Waals surface area contributed by atoms with Gasteiger partial charge in [0.15, 0.2) is 0 Å². The third-order valence-corrected chi connectivity index (χ3v) is 3.08. The second kappa shape index (κ2) is 9.13. The van der Waals surface area contributed by atoms with Crippen LogP contribution in [0.25, 0.3) is 0 Å². The highest BCUT2D eigenvalue weighted by Crippen LogP contribution is 2.08. The molecule has 2 amide bonds. The smallest absolute Gasteiger partial charge is 0.312 e. The number of methoxy groups -OCH3 is 1. The molecule has 1 aromatic rings. The van der Waals surface area contributed by atoms with E-state index in [9.17, 15) is 9.59 Å². The Kier molecular flexibility index (Phi) is 7.46. The van der Waals surface area contributed by atoms with Gasteiger partial charge in [0, 0.05) is 32.8 Å². The minimum absolute atomic E-state index is 0.0394. The molecular formula is C16H24N2O3. The summed E-state index contributed by atoms with van der Waals surface area (Å²) >= 11 is 0. The molecule has 0 heterocycles. The summed E-state index contributed by atoms with van der Waals surface area (Å²) in [7, 11) is 1.60. The maximum Gasteiger partial charge on any atom is 0.312 e. The third-order valence-electron chi connectivity index (χ3n) is 3.08. The quantitative estimate of drug-likeness (QED) is 0.613. The van der Waals surface area contributed by atoms with Gasteiger partial charge in [-0.1, -0.05) is 30.3 Å². The molecule has 0 radical (unpaired) electrons. The van der Waals surface area contributed by atoms with Crippen LogP contribution in [0.4, 0.5) is 0 Å². The summed E-state index contributed by atoms with van der Waals surface area (Å²) in [6, 6.07) is 9.61. The third kappa shape index (κ3) is 5.95. The van der Waals surface area contributed by atoms with Crippen molar-refractivity contribution in [3.63, 3.8) is 0 Å². The fraction of sp³-hybridized carbons (Fsp3) is 0.500. The van der Waals surface area contributed by atoms with Crippen molar-refractivity contribution in [2.75, 3.05) is 20.3 Å². The number of carbonyl (C=O) groups is 2. The lowest BCUT2D eigenvalue weighted by atomic mass is 10.2. The van der Waals surface area contributed by atoms with Crippen LogP contribution in [0.1, 0.15) is 25.8 Å². The number of hydrogen-bond donors (Lipinski definition) is 1. The molecule has 0 aliphatic heterocycles. The van der Waals surface area contributed by atoms with Crippen LogP contribution in [0.2, 0.25) is 0 Å². The molecule has 5 heteroatoms. The van der Waals surface area contributed by atoms with Crippen LogP contribution >= 0.6 is 0 Å². The van der Waals surface area contributed by atoms with E-state index in [1.807, 2.05) is 44.2 Å². The highest BCUT2D eigenvalue weighted by atomic mass is 16.5. The van der Waals surface area contributed by atoms with Crippen LogP contribution in [-0.4, -0.2) is 43.0 Å². The Labute approximate surface area is 126 Å². The highest BCUT2D eigenvalue weighted by Gasteiger charge is 2.23. The molecule has 1 aromatic carbocycles. The molecule has 0 aliphatic rings. The Morgan fingerprint density at radius 3 is 2.48 bits per heavy atom. The molecular weight excluding hydrogens is 268 g/mol. The molecule has 0 fully saturated rings. The molecule has 0 spiro atoms. The van der Waals surface area contributed by atoms with Gasteiger partial charge in [-0.15, -0.1) is 0 Å². The fourth-order valence-corrected chi connectivity index (χ4v) is 1.89. The summed E-state index contributed by atoms with van der Waals surface area (Å²) in [5.41, 5.74) is 1.01. The predicted octanol–water partition coefficient (Wildman–Crippen LogP) is 1.58. The Bertz CT molecular complexity index is 446. The van der Waals surface area contributed by atoms with Gasteiger partial charge in [0.1, 0.15) is 0 Å². The van der Waals surface area contributed by atoms with Crippen LogP contribution in [-0.2, 0) is 20.9 Å². The Morgan fingerprint density at radius 1 is 1.24 bits per heavy atom. The predicted molar refractivity (Wildman–Crippen MR) is 81.6 cm³/mol. The van der Waals surface area contributed by atoms with E-state index in [4.69, 9.17) is 4.74 Å². The number of nitrogens with one attached hydrogen (secondary N) is 1. The molecule has 0 bridgehead atoms. The molecule has 0 aromatic heterocycles. The summed E-state index contributed by atoms with van der Waals surface area (Å²) in [5, 5.41) is 2.63. The van der Waals surface area contributed by atoms with E-state index in [1.54, 1.807) is 12.0 Å². The van der Waals surface area contributed by atoms with Gasteiger partial charge in [-0.2, -0.15) is 0 Å².